The van der Waals surface area contributed by atoms with Gasteiger partial charge in [-0.3, -0.25) is 19.7 Å². The summed E-state index contributed by atoms with van der Waals surface area (Å²) in [5, 5.41) is 21.6. The van der Waals surface area contributed by atoms with Gasteiger partial charge in [-0.1, -0.05) is 0 Å². The van der Waals surface area contributed by atoms with E-state index >= 15 is 0 Å². The molecule has 7 nitrogen and oxygen atoms in total. The van der Waals surface area contributed by atoms with Crippen molar-refractivity contribution in [2.75, 3.05) is 5.32 Å². The lowest BCUT2D eigenvalue weighted by molar-refractivity contribution is -0.384. The summed E-state index contributed by atoms with van der Waals surface area (Å²) in [6.45, 7) is 0. The Balaban J connectivity index is 1.96. The van der Waals surface area contributed by atoms with E-state index in [2.05, 4.69) is 5.32 Å². The Hall–Kier alpha value is -2.44. The number of rotatable bonds is 4. The Morgan fingerprint density at radius 3 is 2.33 bits per heavy atom. The molecule has 1 fully saturated rings. The van der Waals surface area contributed by atoms with Gasteiger partial charge >= 0.3 is 5.97 Å². The number of anilines is 1. The summed E-state index contributed by atoms with van der Waals surface area (Å²) in [5.74, 6) is -2.45. The van der Waals surface area contributed by atoms with Crippen LogP contribution in [0.25, 0.3) is 0 Å². The summed E-state index contributed by atoms with van der Waals surface area (Å²) >= 11 is 0. The van der Waals surface area contributed by atoms with Crippen LogP contribution in [-0.2, 0) is 9.59 Å². The predicted molar refractivity (Wildman–Crippen MR) is 61.0 cm³/mol. The fourth-order valence-corrected chi connectivity index (χ4v) is 1.66. The Labute approximate surface area is 102 Å². The highest BCUT2D eigenvalue weighted by Crippen LogP contribution is 2.39. The summed E-state index contributed by atoms with van der Waals surface area (Å²) in [7, 11) is 0. The standard InChI is InChI=1S/C11H10N2O5/c14-10(8-5-9(8)11(15)16)12-6-1-3-7(4-2-6)13(17)18/h1-4,8-9H,5H2,(H,12,14)(H,15,16)/t8-,9+/m0/s1. The Kier molecular flexibility index (Phi) is 2.97. The van der Waals surface area contributed by atoms with Crippen LogP contribution in [0, 0.1) is 22.0 Å². The molecule has 0 bridgehead atoms. The highest BCUT2D eigenvalue weighted by atomic mass is 16.6. The lowest BCUT2D eigenvalue weighted by Gasteiger charge is -2.03. The molecule has 1 aliphatic carbocycles. The van der Waals surface area contributed by atoms with E-state index in [1.807, 2.05) is 0 Å². The van der Waals surface area contributed by atoms with Gasteiger partial charge in [-0.2, -0.15) is 0 Å². The minimum absolute atomic E-state index is 0.0668. The fraction of sp³-hybridized carbons (Fsp3) is 0.273. The van der Waals surface area contributed by atoms with Gasteiger partial charge < -0.3 is 10.4 Å². The number of nitrogens with one attached hydrogen (secondary N) is 1. The topological polar surface area (TPSA) is 110 Å². The van der Waals surface area contributed by atoms with Crippen molar-refractivity contribution in [2.45, 2.75) is 6.42 Å². The number of carbonyl (C=O) groups excluding carboxylic acids is 1. The predicted octanol–water partition coefficient (Wildman–Crippen LogP) is 1.25. The van der Waals surface area contributed by atoms with Crippen molar-refractivity contribution >= 4 is 23.3 Å². The van der Waals surface area contributed by atoms with Crippen LogP contribution in [-0.4, -0.2) is 21.9 Å². The van der Waals surface area contributed by atoms with Gasteiger partial charge in [0.25, 0.3) is 5.69 Å². The maximum absolute atomic E-state index is 11.6. The van der Waals surface area contributed by atoms with Gasteiger partial charge in [0.05, 0.1) is 16.8 Å². The van der Waals surface area contributed by atoms with E-state index in [9.17, 15) is 19.7 Å². The number of nitro groups is 1. The zero-order valence-corrected chi connectivity index (χ0v) is 9.20. The molecule has 2 rings (SSSR count). The first kappa shape index (κ1) is 12.0. The van der Waals surface area contributed by atoms with Crippen LogP contribution in [0.2, 0.25) is 0 Å². The molecule has 2 N–H and O–H groups in total. The van der Waals surface area contributed by atoms with E-state index in [0.717, 1.165) is 0 Å². The Morgan fingerprint density at radius 1 is 1.28 bits per heavy atom. The second-order valence-corrected chi connectivity index (χ2v) is 4.08. The van der Waals surface area contributed by atoms with Crippen molar-refractivity contribution in [2.24, 2.45) is 11.8 Å². The average Bonchev–Trinajstić information content (AvgIpc) is 3.09. The lowest BCUT2D eigenvalue weighted by Crippen LogP contribution is -2.16. The van der Waals surface area contributed by atoms with Crippen molar-refractivity contribution < 1.29 is 19.6 Å². The minimum Gasteiger partial charge on any atom is -0.481 e. The van der Waals surface area contributed by atoms with E-state index in [4.69, 9.17) is 5.11 Å². The normalized spacial score (nSPS) is 21.1. The number of carboxylic acid groups (broad SMARTS) is 1. The van der Waals surface area contributed by atoms with Gasteiger partial charge in [-0.25, -0.2) is 0 Å². The second kappa shape index (κ2) is 4.44. The van der Waals surface area contributed by atoms with Gasteiger partial charge in [0.2, 0.25) is 5.91 Å². The third kappa shape index (κ3) is 2.45. The van der Waals surface area contributed by atoms with Gasteiger partial charge in [0.15, 0.2) is 0 Å². The maximum Gasteiger partial charge on any atom is 0.307 e. The number of hydrogen-bond donors (Lipinski definition) is 2. The van der Waals surface area contributed by atoms with Crippen molar-refractivity contribution in [3.05, 3.63) is 34.4 Å². The molecule has 1 amide bonds. The SMILES string of the molecule is O=C(Nc1ccc([N+](=O)[O-])cc1)[C@H]1C[C@H]1C(=O)O. The molecule has 1 aromatic rings. The fourth-order valence-electron chi connectivity index (χ4n) is 1.66. The average molecular weight is 250 g/mol. The zero-order valence-electron chi connectivity index (χ0n) is 9.20. The quantitative estimate of drug-likeness (QED) is 0.617. The summed E-state index contributed by atoms with van der Waals surface area (Å²) in [4.78, 5) is 32.1. The van der Waals surface area contributed by atoms with Crippen LogP contribution < -0.4 is 5.32 Å². The summed E-state index contributed by atoms with van der Waals surface area (Å²) in [5.41, 5.74) is 0.351. The summed E-state index contributed by atoms with van der Waals surface area (Å²) in [6.07, 6.45) is 0.341. The number of carboxylic acids is 1. The van der Waals surface area contributed by atoms with Gasteiger partial charge in [-0.05, 0) is 18.6 Å². The zero-order chi connectivity index (χ0) is 13.3. The Bertz CT molecular complexity index is 511. The number of hydrogen-bond acceptors (Lipinski definition) is 4. The van der Waals surface area contributed by atoms with Crippen molar-refractivity contribution in [1.29, 1.82) is 0 Å². The third-order valence-corrected chi connectivity index (χ3v) is 2.79. The highest BCUT2D eigenvalue weighted by molar-refractivity contribution is 5.98. The largest absolute Gasteiger partial charge is 0.481 e. The van der Waals surface area contributed by atoms with E-state index in [1.54, 1.807) is 0 Å². The number of non-ortho nitro benzene ring substituents is 1. The molecule has 2 atom stereocenters. The number of nitrogens with zero attached hydrogens (tertiary/aromatic N) is 1. The number of benzene rings is 1. The smallest absolute Gasteiger partial charge is 0.307 e. The van der Waals surface area contributed by atoms with Gasteiger partial charge in [0, 0.05) is 17.8 Å². The first-order valence-electron chi connectivity index (χ1n) is 5.27. The van der Waals surface area contributed by atoms with E-state index < -0.39 is 22.7 Å². The number of aliphatic carboxylic acids is 1. The number of nitro benzene ring substituents is 1. The molecule has 1 aromatic carbocycles. The van der Waals surface area contributed by atoms with E-state index in [-0.39, 0.29) is 11.6 Å². The lowest BCUT2D eigenvalue weighted by atomic mass is 10.2. The molecule has 1 aliphatic rings. The first-order valence-corrected chi connectivity index (χ1v) is 5.27. The molecule has 0 radical (unpaired) electrons. The molecular formula is C11H10N2O5. The number of carbonyl (C=O) groups is 2. The highest BCUT2D eigenvalue weighted by Gasteiger charge is 2.48. The molecule has 0 aromatic heterocycles. The van der Waals surface area contributed by atoms with Gasteiger partial charge in [-0.15, -0.1) is 0 Å². The maximum atomic E-state index is 11.6. The molecule has 1 saturated carbocycles. The molecule has 0 saturated heterocycles. The van der Waals surface area contributed by atoms with Crippen LogP contribution in [0.5, 0.6) is 0 Å². The van der Waals surface area contributed by atoms with Crippen molar-refractivity contribution in [3.8, 4) is 0 Å². The van der Waals surface area contributed by atoms with Crippen LogP contribution in [0.4, 0.5) is 11.4 Å². The summed E-state index contributed by atoms with van der Waals surface area (Å²) < 4.78 is 0. The molecular weight excluding hydrogens is 240 g/mol. The molecule has 0 heterocycles. The monoisotopic (exact) mass is 250 g/mol. The molecule has 94 valence electrons. The molecule has 18 heavy (non-hydrogen) atoms. The first-order chi connectivity index (χ1) is 8.49. The van der Waals surface area contributed by atoms with E-state index in [1.165, 1.54) is 24.3 Å². The van der Waals surface area contributed by atoms with Crippen LogP contribution >= 0.6 is 0 Å². The van der Waals surface area contributed by atoms with Crippen molar-refractivity contribution in [1.82, 2.24) is 0 Å². The van der Waals surface area contributed by atoms with Crippen LogP contribution in [0.1, 0.15) is 6.42 Å². The molecule has 0 unspecified atom stereocenters. The van der Waals surface area contributed by atoms with Crippen LogP contribution in [0.15, 0.2) is 24.3 Å². The van der Waals surface area contributed by atoms with Crippen LogP contribution in [0.3, 0.4) is 0 Å². The molecule has 7 heteroatoms. The second-order valence-electron chi connectivity index (χ2n) is 4.08. The Morgan fingerprint density at radius 2 is 1.89 bits per heavy atom. The minimum atomic E-state index is -0.973. The number of amides is 1. The van der Waals surface area contributed by atoms with Crippen molar-refractivity contribution in [3.63, 3.8) is 0 Å². The molecule has 0 aliphatic heterocycles. The van der Waals surface area contributed by atoms with E-state index in [0.29, 0.717) is 12.1 Å². The summed E-state index contributed by atoms with van der Waals surface area (Å²) in [6, 6.07) is 5.37. The molecule has 0 spiro atoms. The van der Waals surface area contributed by atoms with Gasteiger partial charge in [0.1, 0.15) is 0 Å². The third-order valence-electron chi connectivity index (χ3n) is 2.79.